The predicted octanol–water partition coefficient (Wildman–Crippen LogP) is 1.75. The third-order valence-electron chi connectivity index (χ3n) is 4.02. The summed E-state index contributed by atoms with van der Waals surface area (Å²) < 4.78 is 5.96. The van der Waals surface area contributed by atoms with Crippen LogP contribution in [0, 0.1) is 0 Å². The number of imidazole rings is 1. The number of nitrogens with one attached hydrogen (secondary N) is 1. The highest BCUT2D eigenvalue weighted by Gasteiger charge is 2.36. The normalized spacial score (nSPS) is 22.4. The number of aromatic amines is 1. The average molecular weight is 261 g/mol. The number of carbonyl (C=O) groups excluding carboxylic acids is 1. The lowest BCUT2D eigenvalue weighted by Gasteiger charge is -2.42. The Kier molecular flexibility index (Phi) is 3.14. The van der Waals surface area contributed by atoms with E-state index in [0.29, 0.717) is 5.69 Å². The van der Waals surface area contributed by atoms with Crippen molar-refractivity contribution in [3.05, 3.63) is 29.9 Å². The third-order valence-corrected chi connectivity index (χ3v) is 4.02. The second-order valence-corrected chi connectivity index (χ2v) is 5.41. The second-order valence-electron chi connectivity index (χ2n) is 5.41. The molecule has 3 rings (SSSR count). The second kappa shape index (κ2) is 4.81. The molecule has 19 heavy (non-hydrogen) atoms. The van der Waals surface area contributed by atoms with Gasteiger partial charge >= 0.3 is 0 Å². The van der Waals surface area contributed by atoms with Gasteiger partial charge in [0.15, 0.2) is 0 Å². The molecule has 0 atom stereocenters. The summed E-state index contributed by atoms with van der Waals surface area (Å²) in [6.45, 7) is 4.44. The zero-order chi connectivity index (χ0) is 13.3. The Labute approximate surface area is 112 Å². The molecule has 1 saturated heterocycles. The summed E-state index contributed by atoms with van der Waals surface area (Å²) in [5.41, 5.74) is 1.83. The molecule has 0 radical (unpaired) electrons. The summed E-state index contributed by atoms with van der Waals surface area (Å²) in [5, 5.41) is 0. The van der Waals surface area contributed by atoms with Gasteiger partial charge in [-0.05, 0) is 26.2 Å². The molecule has 0 saturated carbocycles. The smallest absolute Gasteiger partial charge is 0.271 e. The molecule has 5 nitrogen and oxygen atoms in total. The van der Waals surface area contributed by atoms with Crippen LogP contribution in [0.2, 0.25) is 0 Å². The molecule has 102 valence electrons. The van der Waals surface area contributed by atoms with Gasteiger partial charge in [-0.1, -0.05) is 11.6 Å². The van der Waals surface area contributed by atoms with E-state index >= 15 is 0 Å². The molecule has 1 fully saturated rings. The Morgan fingerprint density at radius 2 is 2.26 bits per heavy atom. The van der Waals surface area contributed by atoms with Gasteiger partial charge in [0.25, 0.3) is 5.91 Å². The highest BCUT2D eigenvalue weighted by Crippen LogP contribution is 2.33. The van der Waals surface area contributed by atoms with Gasteiger partial charge in [0.1, 0.15) is 5.69 Å². The van der Waals surface area contributed by atoms with E-state index in [1.165, 1.54) is 11.9 Å². The van der Waals surface area contributed by atoms with Crippen molar-refractivity contribution in [3.63, 3.8) is 0 Å². The van der Waals surface area contributed by atoms with E-state index < -0.39 is 0 Å². The number of likely N-dealkylation sites (tertiary alicyclic amines) is 1. The summed E-state index contributed by atoms with van der Waals surface area (Å²) in [4.78, 5) is 20.8. The first kappa shape index (κ1) is 12.4. The minimum Gasteiger partial charge on any atom is -0.370 e. The van der Waals surface area contributed by atoms with Crippen LogP contribution in [0.5, 0.6) is 0 Å². The van der Waals surface area contributed by atoms with Gasteiger partial charge in [0, 0.05) is 13.1 Å². The molecule has 2 aliphatic heterocycles. The molecule has 1 N–H and O–H groups in total. The number of carbonyl (C=O) groups is 1. The number of hydrogen-bond acceptors (Lipinski definition) is 3. The summed E-state index contributed by atoms with van der Waals surface area (Å²) >= 11 is 0. The van der Waals surface area contributed by atoms with Crippen LogP contribution >= 0.6 is 0 Å². The van der Waals surface area contributed by atoms with Crippen LogP contribution < -0.4 is 0 Å². The SMILES string of the molecule is CC1=CC2(CCN(C(=O)c3cnc[nH]3)CC2)OCC1. The first-order valence-electron chi connectivity index (χ1n) is 6.78. The third kappa shape index (κ3) is 2.42. The van der Waals surface area contributed by atoms with Gasteiger partial charge in [-0.15, -0.1) is 0 Å². The molecule has 0 aliphatic carbocycles. The van der Waals surface area contributed by atoms with Gasteiger partial charge in [-0.25, -0.2) is 4.98 Å². The fourth-order valence-electron chi connectivity index (χ4n) is 2.90. The van der Waals surface area contributed by atoms with E-state index in [0.717, 1.165) is 39.0 Å². The van der Waals surface area contributed by atoms with E-state index in [1.807, 2.05) is 4.90 Å². The average Bonchev–Trinajstić information content (AvgIpc) is 2.92. The number of hydrogen-bond donors (Lipinski definition) is 1. The maximum absolute atomic E-state index is 12.2. The molecule has 1 amide bonds. The van der Waals surface area contributed by atoms with Gasteiger partial charge in [-0.3, -0.25) is 4.79 Å². The molecule has 0 bridgehead atoms. The first-order chi connectivity index (χ1) is 9.19. The number of ether oxygens (including phenoxy) is 1. The summed E-state index contributed by atoms with van der Waals surface area (Å²) in [7, 11) is 0. The van der Waals surface area contributed by atoms with E-state index in [4.69, 9.17) is 4.74 Å². The van der Waals surface area contributed by atoms with Crippen molar-refractivity contribution in [3.8, 4) is 0 Å². The van der Waals surface area contributed by atoms with Crippen molar-refractivity contribution < 1.29 is 9.53 Å². The van der Waals surface area contributed by atoms with Crippen molar-refractivity contribution in [1.29, 1.82) is 0 Å². The highest BCUT2D eigenvalue weighted by molar-refractivity contribution is 5.92. The largest absolute Gasteiger partial charge is 0.370 e. The topological polar surface area (TPSA) is 58.2 Å². The first-order valence-corrected chi connectivity index (χ1v) is 6.78. The number of nitrogens with zero attached hydrogens (tertiary/aromatic N) is 2. The van der Waals surface area contributed by atoms with Crippen LogP contribution in [0.3, 0.4) is 0 Å². The minimum absolute atomic E-state index is 0.0314. The molecular weight excluding hydrogens is 242 g/mol. The molecule has 2 aliphatic rings. The summed E-state index contributed by atoms with van der Waals surface area (Å²) in [6, 6.07) is 0. The molecule has 1 aromatic heterocycles. The van der Waals surface area contributed by atoms with E-state index in [2.05, 4.69) is 23.0 Å². The molecule has 0 unspecified atom stereocenters. The lowest BCUT2D eigenvalue weighted by Crippen LogP contribution is -2.48. The van der Waals surface area contributed by atoms with Crippen LogP contribution in [0.25, 0.3) is 0 Å². The predicted molar refractivity (Wildman–Crippen MR) is 70.8 cm³/mol. The Morgan fingerprint density at radius 3 is 2.89 bits per heavy atom. The van der Waals surface area contributed by atoms with Gasteiger partial charge in [0.2, 0.25) is 0 Å². The number of rotatable bonds is 1. The maximum Gasteiger partial charge on any atom is 0.271 e. The summed E-state index contributed by atoms with van der Waals surface area (Å²) in [5.74, 6) is 0.0314. The Hall–Kier alpha value is -1.62. The number of piperidine rings is 1. The van der Waals surface area contributed by atoms with Crippen molar-refractivity contribution in [2.45, 2.75) is 31.8 Å². The van der Waals surface area contributed by atoms with Gasteiger partial charge < -0.3 is 14.6 Å². The van der Waals surface area contributed by atoms with Crippen molar-refractivity contribution in [2.24, 2.45) is 0 Å². The molecular formula is C14H19N3O2. The Bertz CT molecular complexity index is 485. The van der Waals surface area contributed by atoms with E-state index in [1.54, 1.807) is 6.20 Å². The molecule has 3 heterocycles. The van der Waals surface area contributed by atoms with Crippen LogP contribution in [0.1, 0.15) is 36.7 Å². The van der Waals surface area contributed by atoms with E-state index in [-0.39, 0.29) is 11.5 Å². The Morgan fingerprint density at radius 1 is 1.47 bits per heavy atom. The fourth-order valence-corrected chi connectivity index (χ4v) is 2.90. The standard InChI is InChI=1S/C14H19N3O2/c1-11-2-7-19-14(8-11)3-5-17(6-4-14)13(18)12-9-15-10-16-12/h8-10H,2-7H2,1H3,(H,15,16). The van der Waals surface area contributed by atoms with Gasteiger partial charge in [-0.2, -0.15) is 0 Å². The number of amides is 1. The minimum atomic E-state index is -0.132. The Balaban J connectivity index is 1.66. The van der Waals surface area contributed by atoms with Crippen LogP contribution in [0.15, 0.2) is 24.2 Å². The van der Waals surface area contributed by atoms with Crippen LogP contribution in [0.4, 0.5) is 0 Å². The van der Waals surface area contributed by atoms with Crippen LogP contribution in [-0.2, 0) is 4.74 Å². The van der Waals surface area contributed by atoms with E-state index in [9.17, 15) is 4.79 Å². The zero-order valence-electron chi connectivity index (χ0n) is 11.2. The lowest BCUT2D eigenvalue weighted by atomic mass is 9.87. The van der Waals surface area contributed by atoms with Crippen molar-refractivity contribution in [2.75, 3.05) is 19.7 Å². The maximum atomic E-state index is 12.2. The zero-order valence-corrected chi connectivity index (χ0v) is 11.2. The molecule has 0 aromatic carbocycles. The lowest BCUT2D eigenvalue weighted by molar-refractivity contribution is -0.0522. The monoisotopic (exact) mass is 261 g/mol. The number of aromatic nitrogens is 2. The summed E-state index contributed by atoms with van der Waals surface area (Å²) in [6.07, 6.45) is 8.16. The fraction of sp³-hybridized carbons (Fsp3) is 0.571. The van der Waals surface area contributed by atoms with Crippen LogP contribution in [-0.4, -0.2) is 46.1 Å². The quantitative estimate of drug-likeness (QED) is 0.784. The van der Waals surface area contributed by atoms with Crippen molar-refractivity contribution >= 4 is 5.91 Å². The van der Waals surface area contributed by atoms with Gasteiger partial charge in [0.05, 0.1) is 24.7 Å². The molecule has 5 heteroatoms. The highest BCUT2D eigenvalue weighted by atomic mass is 16.5. The van der Waals surface area contributed by atoms with Crippen molar-refractivity contribution in [1.82, 2.24) is 14.9 Å². The molecule has 1 spiro atoms. The molecule has 1 aromatic rings. The number of H-pyrrole nitrogens is 1.